The summed E-state index contributed by atoms with van der Waals surface area (Å²) in [6.45, 7) is 13.2. The molecular formula is C69H52N6. The third kappa shape index (κ3) is 8.65. The lowest BCUT2D eigenvalue weighted by Crippen LogP contribution is -2.05. The smallest absolute Gasteiger partial charge is 0.160 e. The Morgan fingerprint density at radius 1 is 0.347 bits per heavy atom. The van der Waals surface area contributed by atoms with Crippen molar-refractivity contribution in [2.24, 2.45) is 0 Å². The Bertz CT molecular complexity index is 3800. The number of nitriles is 1. The first-order chi connectivity index (χ1) is 36.6. The average Bonchev–Trinajstić information content (AvgIpc) is 3.88. The van der Waals surface area contributed by atoms with E-state index in [2.05, 4.69) is 149 Å². The third-order valence-electron chi connectivity index (χ3n) is 14.4. The van der Waals surface area contributed by atoms with E-state index in [1.54, 1.807) is 0 Å². The fourth-order valence-corrected chi connectivity index (χ4v) is 11.3. The highest BCUT2D eigenvalue weighted by Gasteiger charge is 2.26. The van der Waals surface area contributed by atoms with Crippen molar-refractivity contribution in [2.45, 2.75) is 41.5 Å². The number of rotatable bonds is 9. The lowest BCUT2D eigenvalue weighted by Gasteiger charge is -2.21. The molecule has 6 heteroatoms. The molecule has 6 nitrogen and oxygen atoms in total. The van der Waals surface area contributed by atoms with Crippen molar-refractivity contribution in [3.8, 4) is 102 Å². The van der Waals surface area contributed by atoms with Crippen LogP contribution >= 0.6 is 0 Å². The second-order valence-corrected chi connectivity index (χ2v) is 19.8. The maximum atomic E-state index is 11.2. The van der Waals surface area contributed by atoms with Gasteiger partial charge < -0.3 is 4.57 Å². The van der Waals surface area contributed by atoms with Gasteiger partial charge in [-0.15, -0.1) is 0 Å². The topological polar surface area (TPSA) is 80.3 Å². The second-order valence-electron chi connectivity index (χ2n) is 19.8. The quantitative estimate of drug-likeness (QED) is 0.144. The molecule has 0 aliphatic carbocycles. The maximum absolute atomic E-state index is 11.2. The molecule has 0 spiro atoms. The highest BCUT2D eigenvalue weighted by Crippen LogP contribution is 2.45. The summed E-state index contributed by atoms with van der Waals surface area (Å²) in [4.78, 5) is 21.4. The van der Waals surface area contributed by atoms with Crippen LogP contribution in [0, 0.1) is 52.9 Å². The van der Waals surface area contributed by atoms with Gasteiger partial charge in [-0.1, -0.05) is 169 Å². The van der Waals surface area contributed by atoms with Crippen molar-refractivity contribution in [2.75, 3.05) is 0 Å². The Hall–Kier alpha value is -9.57. The summed E-state index contributed by atoms with van der Waals surface area (Å²) in [6, 6.07) is 74.2. The summed E-state index contributed by atoms with van der Waals surface area (Å²) in [7, 11) is 0. The predicted octanol–water partition coefficient (Wildman–Crippen LogP) is 17.4. The van der Waals surface area contributed by atoms with E-state index in [0.29, 0.717) is 28.6 Å². The van der Waals surface area contributed by atoms with Crippen LogP contribution in [0.4, 0.5) is 0 Å². The number of aryl methyl sites for hydroxylation is 6. The molecule has 9 aromatic carbocycles. The standard InChI is InChI=1S/C69H52N6/c1-42-31-44(3)65(45(4)32-42)53-27-29-63-55(37-53)56-38-54(66-46(5)33-43(2)34-47(66)6)28-30-64(56)75(63)67-57(61-39-59(49-19-11-7-12-20-49)71-68(73-61)51-23-15-9-16-24-51)35-48(41-70)36-58(67)62-40-60(50-21-13-8-14-22-50)72-69(74-62)52-25-17-10-18-26-52/h7-40H,1-6H3. The molecule has 0 atom stereocenters. The molecule has 12 rings (SSSR count). The van der Waals surface area contributed by atoms with Crippen LogP contribution in [0.15, 0.2) is 206 Å². The predicted molar refractivity (Wildman–Crippen MR) is 309 cm³/mol. The van der Waals surface area contributed by atoms with Crippen molar-refractivity contribution >= 4 is 21.8 Å². The summed E-state index contributed by atoms with van der Waals surface area (Å²) in [6.07, 6.45) is 0. The number of benzene rings is 9. The van der Waals surface area contributed by atoms with Crippen molar-refractivity contribution < 1.29 is 0 Å². The molecule has 0 amide bonds. The molecule has 0 N–H and O–H groups in total. The molecule has 0 aliphatic rings. The monoisotopic (exact) mass is 964 g/mol. The highest BCUT2D eigenvalue weighted by atomic mass is 15.0. The van der Waals surface area contributed by atoms with E-state index in [4.69, 9.17) is 19.9 Å². The van der Waals surface area contributed by atoms with Gasteiger partial charge in [0, 0.05) is 44.2 Å². The van der Waals surface area contributed by atoms with E-state index in [1.807, 2.05) is 109 Å². The number of fused-ring (bicyclic) bond motifs is 3. The van der Waals surface area contributed by atoms with Crippen LogP contribution in [0.25, 0.3) is 118 Å². The van der Waals surface area contributed by atoms with Gasteiger partial charge in [0.2, 0.25) is 0 Å². The van der Waals surface area contributed by atoms with Crippen LogP contribution in [-0.4, -0.2) is 24.5 Å². The Labute approximate surface area is 438 Å². The average molecular weight is 965 g/mol. The Morgan fingerprint density at radius 2 is 0.693 bits per heavy atom. The van der Waals surface area contributed by atoms with Crippen molar-refractivity contribution in [1.29, 1.82) is 5.26 Å². The molecule has 0 saturated carbocycles. The molecular weight excluding hydrogens is 913 g/mol. The van der Waals surface area contributed by atoms with Crippen molar-refractivity contribution in [3.63, 3.8) is 0 Å². The minimum atomic E-state index is 0.465. The fraction of sp³-hybridized carbons (Fsp3) is 0.0870. The van der Waals surface area contributed by atoms with Crippen LogP contribution in [0.1, 0.15) is 38.9 Å². The molecule has 0 radical (unpaired) electrons. The first-order valence-corrected chi connectivity index (χ1v) is 25.4. The molecule has 0 saturated heterocycles. The van der Waals surface area contributed by atoms with Crippen LogP contribution < -0.4 is 0 Å². The number of nitrogens with zero attached hydrogens (tertiary/aromatic N) is 6. The molecule has 0 bridgehead atoms. The summed E-state index contributed by atoms with van der Waals surface area (Å²) in [5.41, 5.74) is 23.5. The number of hydrogen-bond acceptors (Lipinski definition) is 5. The largest absolute Gasteiger partial charge is 0.308 e. The van der Waals surface area contributed by atoms with Crippen LogP contribution in [0.2, 0.25) is 0 Å². The molecule has 0 fully saturated rings. The third-order valence-corrected chi connectivity index (χ3v) is 14.4. The Balaban J connectivity index is 1.25. The van der Waals surface area contributed by atoms with Crippen molar-refractivity contribution in [3.05, 3.63) is 245 Å². The Morgan fingerprint density at radius 3 is 1.05 bits per heavy atom. The van der Waals surface area contributed by atoms with E-state index in [1.165, 1.54) is 44.5 Å². The van der Waals surface area contributed by atoms with Gasteiger partial charge in [-0.25, -0.2) is 19.9 Å². The van der Waals surface area contributed by atoms with E-state index >= 15 is 0 Å². The van der Waals surface area contributed by atoms with Crippen LogP contribution in [0.3, 0.4) is 0 Å². The number of hydrogen-bond donors (Lipinski definition) is 0. The molecule has 358 valence electrons. The van der Waals surface area contributed by atoms with Gasteiger partial charge in [0.15, 0.2) is 11.6 Å². The van der Waals surface area contributed by atoms with E-state index < -0.39 is 0 Å². The molecule has 0 aliphatic heterocycles. The maximum Gasteiger partial charge on any atom is 0.160 e. The lowest BCUT2D eigenvalue weighted by atomic mass is 9.91. The van der Waals surface area contributed by atoms with Crippen molar-refractivity contribution in [1.82, 2.24) is 24.5 Å². The summed E-state index contributed by atoms with van der Waals surface area (Å²) in [5, 5.41) is 13.4. The van der Waals surface area contributed by atoms with Gasteiger partial charge in [0.05, 0.1) is 51.1 Å². The van der Waals surface area contributed by atoms with Crippen LogP contribution in [0.5, 0.6) is 0 Å². The zero-order valence-electron chi connectivity index (χ0n) is 42.8. The fourth-order valence-electron chi connectivity index (χ4n) is 11.3. The molecule has 12 aromatic rings. The number of aromatic nitrogens is 5. The van der Waals surface area contributed by atoms with Gasteiger partial charge in [0.1, 0.15) is 0 Å². The Kier molecular flexibility index (Phi) is 11.9. The molecule has 0 unspecified atom stereocenters. The second kappa shape index (κ2) is 19.1. The highest BCUT2D eigenvalue weighted by molar-refractivity contribution is 6.13. The SMILES string of the molecule is Cc1cc(C)c(-c2ccc3c(c2)c2cc(-c4c(C)cc(C)cc4C)ccc2n3-c2c(-c3cc(-c4ccccc4)nc(-c4ccccc4)n3)cc(C#N)cc2-c2cc(-c3ccccc3)nc(-c3ccccc3)n2)c(C)c1. The summed E-state index contributed by atoms with van der Waals surface area (Å²) < 4.78 is 2.38. The van der Waals surface area contributed by atoms with Gasteiger partial charge in [-0.3, -0.25) is 0 Å². The van der Waals surface area contributed by atoms with E-state index in [0.717, 1.165) is 83.4 Å². The molecule has 75 heavy (non-hydrogen) atoms. The molecule has 3 aromatic heterocycles. The molecule has 3 heterocycles. The first-order valence-electron chi connectivity index (χ1n) is 25.4. The normalized spacial score (nSPS) is 11.3. The van der Waals surface area contributed by atoms with E-state index in [-0.39, 0.29) is 0 Å². The van der Waals surface area contributed by atoms with Gasteiger partial charge in [-0.2, -0.15) is 5.26 Å². The lowest BCUT2D eigenvalue weighted by molar-refractivity contribution is 1.14. The zero-order chi connectivity index (χ0) is 51.3. The summed E-state index contributed by atoms with van der Waals surface area (Å²) >= 11 is 0. The minimum Gasteiger partial charge on any atom is -0.308 e. The first kappa shape index (κ1) is 46.5. The van der Waals surface area contributed by atoms with E-state index in [9.17, 15) is 5.26 Å². The van der Waals surface area contributed by atoms with Gasteiger partial charge >= 0.3 is 0 Å². The zero-order valence-corrected chi connectivity index (χ0v) is 42.8. The minimum absolute atomic E-state index is 0.465. The van der Waals surface area contributed by atoms with Gasteiger partial charge in [0.25, 0.3) is 0 Å². The van der Waals surface area contributed by atoms with Gasteiger partial charge in [-0.05, 0) is 135 Å². The van der Waals surface area contributed by atoms with Crippen LogP contribution in [-0.2, 0) is 0 Å². The summed E-state index contributed by atoms with van der Waals surface area (Å²) in [5.74, 6) is 1.15.